The number of nitrogens with one attached hydrogen (secondary N) is 2. The van der Waals surface area contributed by atoms with Gasteiger partial charge in [-0.3, -0.25) is 9.79 Å². The third-order valence-corrected chi connectivity index (χ3v) is 5.45. The van der Waals surface area contributed by atoms with E-state index in [4.69, 9.17) is 0 Å². The average molecular weight is 529 g/mol. The van der Waals surface area contributed by atoms with E-state index in [9.17, 15) is 9.90 Å². The number of rotatable bonds is 6. The molecule has 0 atom stereocenters. The molecule has 1 aromatic carbocycles. The van der Waals surface area contributed by atoms with Gasteiger partial charge in [-0.15, -0.1) is 35.3 Å². The van der Waals surface area contributed by atoms with E-state index in [1.165, 1.54) is 17.1 Å². The van der Waals surface area contributed by atoms with Crippen LogP contribution in [0.15, 0.2) is 46.8 Å². The van der Waals surface area contributed by atoms with Crippen molar-refractivity contribution >= 4 is 52.2 Å². The first-order chi connectivity index (χ1) is 13.7. The quantitative estimate of drug-likeness (QED) is 0.232. The Morgan fingerprint density at radius 3 is 2.48 bits per heavy atom. The molecule has 1 fully saturated rings. The number of phenolic OH excluding ortho intramolecular Hbond substituents is 1. The molecular weight excluding hydrogens is 501 g/mol. The second-order valence-corrected chi connectivity index (χ2v) is 7.39. The van der Waals surface area contributed by atoms with Gasteiger partial charge in [0.2, 0.25) is 0 Å². The van der Waals surface area contributed by atoms with E-state index in [-0.39, 0.29) is 35.6 Å². The van der Waals surface area contributed by atoms with Gasteiger partial charge in [-0.2, -0.15) is 0 Å². The van der Waals surface area contributed by atoms with Crippen molar-refractivity contribution in [1.82, 2.24) is 15.5 Å². The molecule has 0 spiro atoms. The third kappa shape index (κ3) is 6.77. The topological polar surface area (TPSA) is 80.2 Å². The van der Waals surface area contributed by atoms with Crippen molar-refractivity contribution < 1.29 is 9.90 Å². The number of phenols is 1. The van der Waals surface area contributed by atoms with E-state index in [0.29, 0.717) is 18.7 Å². The molecule has 0 radical (unpaired) electrons. The number of hydrogen-bond acceptors (Lipinski definition) is 5. The van der Waals surface area contributed by atoms with E-state index in [0.717, 1.165) is 38.7 Å². The molecule has 2 aromatic rings. The fourth-order valence-corrected chi connectivity index (χ4v) is 3.85. The van der Waals surface area contributed by atoms with Crippen LogP contribution in [0.1, 0.15) is 17.3 Å². The number of amides is 1. The van der Waals surface area contributed by atoms with Crippen LogP contribution in [-0.2, 0) is 0 Å². The van der Waals surface area contributed by atoms with Gasteiger partial charge in [-0.1, -0.05) is 0 Å². The number of thiophene rings is 1. The molecule has 3 N–H and O–H groups in total. The van der Waals surface area contributed by atoms with Crippen LogP contribution < -0.4 is 15.5 Å². The molecule has 1 aromatic heterocycles. The summed E-state index contributed by atoms with van der Waals surface area (Å²) in [5, 5.41) is 18.9. The van der Waals surface area contributed by atoms with Crippen molar-refractivity contribution in [1.29, 1.82) is 0 Å². The van der Waals surface area contributed by atoms with Crippen molar-refractivity contribution in [2.45, 2.75) is 6.92 Å². The summed E-state index contributed by atoms with van der Waals surface area (Å²) < 4.78 is 0. The fraction of sp³-hybridized carbons (Fsp3) is 0.400. The van der Waals surface area contributed by atoms with Gasteiger partial charge in [0.05, 0.1) is 11.5 Å². The van der Waals surface area contributed by atoms with E-state index < -0.39 is 0 Å². The number of aliphatic imine (C=N–C) groups is 1. The number of benzene rings is 1. The predicted molar refractivity (Wildman–Crippen MR) is 130 cm³/mol. The highest BCUT2D eigenvalue weighted by atomic mass is 127. The molecule has 0 bridgehead atoms. The first-order valence-corrected chi connectivity index (χ1v) is 10.4. The zero-order valence-corrected chi connectivity index (χ0v) is 19.7. The predicted octanol–water partition coefficient (Wildman–Crippen LogP) is 2.59. The summed E-state index contributed by atoms with van der Waals surface area (Å²) >= 11 is 1.78. The highest BCUT2D eigenvalue weighted by Gasteiger charge is 2.20. The van der Waals surface area contributed by atoms with Crippen LogP contribution in [0.2, 0.25) is 0 Å². The maximum Gasteiger partial charge on any atom is 0.251 e. The van der Waals surface area contributed by atoms with Crippen LogP contribution in [0.3, 0.4) is 0 Å². The van der Waals surface area contributed by atoms with Crippen molar-refractivity contribution in [3.63, 3.8) is 0 Å². The van der Waals surface area contributed by atoms with Crippen LogP contribution >= 0.6 is 35.3 Å². The lowest BCUT2D eigenvalue weighted by molar-refractivity contribution is 0.0955. The largest absolute Gasteiger partial charge is 0.508 e. The third-order valence-electron chi connectivity index (χ3n) is 4.52. The molecule has 7 nitrogen and oxygen atoms in total. The van der Waals surface area contributed by atoms with Gasteiger partial charge < -0.3 is 25.5 Å². The lowest BCUT2D eigenvalue weighted by atomic mass is 10.2. The highest BCUT2D eigenvalue weighted by molar-refractivity contribution is 14.0. The molecular formula is C20H28IN5O2S. The molecule has 29 heavy (non-hydrogen) atoms. The van der Waals surface area contributed by atoms with Gasteiger partial charge in [0.15, 0.2) is 5.96 Å². The standard InChI is InChI=1S/C20H27N5O2S.HI/c1-2-21-20(25-13-11-24(12-14-25)18-4-3-15-28-18)23-10-9-22-19(27)16-5-7-17(26)8-6-16;/h3-8,15,26H,2,9-14H2,1H3,(H,21,23)(H,22,27);1H. The van der Waals surface area contributed by atoms with Crippen LogP contribution in [0, 0.1) is 0 Å². The van der Waals surface area contributed by atoms with Crippen LogP contribution in [0.5, 0.6) is 5.75 Å². The van der Waals surface area contributed by atoms with Gasteiger partial charge >= 0.3 is 0 Å². The summed E-state index contributed by atoms with van der Waals surface area (Å²) in [5.41, 5.74) is 0.526. The summed E-state index contributed by atoms with van der Waals surface area (Å²) in [6.45, 7) is 7.63. The van der Waals surface area contributed by atoms with E-state index in [2.05, 4.69) is 49.9 Å². The molecule has 0 saturated carbocycles. The normalized spacial score (nSPS) is 14.3. The Hall–Kier alpha value is -2.01. The minimum Gasteiger partial charge on any atom is -0.508 e. The monoisotopic (exact) mass is 529 g/mol. The second-order valence-electron chi connectivity index (χ2n) is 6.46. The smallest absolute Gasteiger partial charge is 0.251 e. The fourth-order valence-electron chi connectivity index (χ4n) is 3.06. The molecule has 0 unspecified atom stereocenters. The molecule has 3 rings (SSSR count). The molecule has 1 aliphatic rings. The van der Waals surface area contributed by atoms with Crippen molar-refractivity contribution in [3.05, 3.63) is 47.3 Å². The van der Waals surface area contributed by atoms with Gasteiger partial charge in [0, 0.05) is 44.8 Å². The van der Waals surface area contributed by atoms with Crippen molar-refractivity contribution in [2.24, 2.45) is 4.99 Å². The Balaban J connectivity index is 0.00000300. The maximum absolute atomic E-state index is 12.1. The van der Waals surface area contributed by atoms with Gasteiger partial charge in [0.1, 0.15) is 5.75 Å². The Morgan fingerprint density at radius 1 is 1.14 bits per heavy atom. The molecule has 1 aliphatic heterocycles. The number of carbonyl (C=O) groups is 1. The number of hydrogen-bond donors (Lipinski definition) is 3. The Kier molecular flexibility index (Phi) is 9.52. The number of aromatic hydroxyl groups is 1. The van der Waals surface area contributed by atoms with Crippen LogP contribution in [0.4, 0.5) is 5.00 Å². The second kappa shape index (κ2) is 11.9. The number of carbonyl (C=O) groups excluding carboxylic acids is 1. The average Bonchev–Trinajstić information content (AvgIpc) is 3.26. The highest BCUT2D eigenvalue weighted by Crippen LogP contribution is 2.22. The lowest BCUT2D eigenvalue weighted by Gasteiger charge is -2.37. The van der Waals surface area contributed by atoms with E-state index >= 15 is 0 Å². The van der Waals surface area contributed by atoms with Gasteiger partial charge in [-0.25, -0.2) is 0 Å². The van der Waals surface area contributed by atoms with Crippen molar-refractivity contribution in [3.8, 4) is 5.75 Å². The number of anilines is 1. The Labute approximate surface area is 192 Å². The van der Waals surface area contributed by atoms with Crippen LogP contribution in [0.25, 0.3) is 0 Å². The summed E-state index contributed by atoms with van der Waals surface area (Å²) in [6, 6.07) is 10.5. The summed E-state index contributed by atoms with van der Waals surface area (Å²) in [7, 11) is 0. The van der Waals surface area contributed by atoms with E-state index in [1.807, 2.05) is 0 Å². The van der Waals surface area contributed by atoms with E-state index in [1.54, 1.807) is 23.5 Å². The Morgan fingerprint density at radius 2 is 1.86 bits per heavy atom. The summed E-state index contributed by atoms with van der Waals surface area (Å²) in [5.74, 6) is 0.882. The number of nitrogens with zero attached hydrogens (tertiary/aromatic N) is 3. The Bertz CT molecular complexity index is 775. The SMILES string of the molecule is CCNC(=NCCNC(=O)c1ccc(O)cc1)N1CCN(c2cccs2)CC1.I. The number of guanidine groups is 1. The molecule has 0 aliphatic carbocycles. The molecule has 158 valence electrons. The molecule has 1 amide bonds. The zero-order chi connectivity index (χ0) is 19.8. The molecule has 2 heterocycles. The minimum absolute atomic E-state index is 0. The number of halogens is 1. The van der Waals surface area contributed by atoms with Crippen molar-refractivity contribution in [2.75, 3.05) is 50.7 Å². The summed E-state index contributed by atoms with van der Waals surface area (Å²) in [6.07, 6.45) is 0. The summed E-state index contributed by atoms with van der Waals surface area (Å²) in [4.78, 5) is 21.4. The van der Waals surface area contributed by atoms with Gasteiger partial charge in [0.25, 0.3) is 5.91 Å². The maximum atomic E-state index is 12.1. The molecule has 1 saturated heterocycles. The zero-order valence-electron chi connectivity index (χ0n) is 16.5. The lowest BCUT2D eigenvalue weighted by Crippen LogP contribution is -2.52. The van der Waals surface area contributed by atoms with Gasteiger partial charge in [-0.05, 0) is 48.7 Å². The molecule has 9 heteroatoms. The minimum atomic E-state index is -0.162. The first kappa shape index (κ1) is 23.3. The first-order valence-electron chi connectivity index (χ1n) is 9.56. The van der Waals surface area contributed by atoms with Crippen LogP contribution in [-0.4, -0.2) is 67.7 Å². The number of piperazine rings is 1.